The maximum Gasteiger partial charge on any atom is 0.251 e. The monoisotopic (exact) mass is 456 g/mol. The summed E-state index contributed by atoms with van der Waals surface area (Å²) in [5.74, 6) is 0.680. The van der Waals surface area contributed by atoms with Crippen molar-refractivity contribution < 1.29 is 22.7 Å². The van der Waals surface area contributed by atoms with Gasteiger partial charge in [0.25, 0.3) is 5.79 Å². The van der Waals surface area contributed by atoms with Crippen LogP contribution >= 0.6 is 0 Å². The molecule has 1 saturated carbocycles. The smallest absolute Gasteiger partial charge is 0.251 e. The van der Waals surface area contributed by atoms with E-state index >= 15 is 0 Å². The molecule has 32 heavy (non-hydrogen) atoms. The highest BCUT2D eigenvalue weighted by Crippen LogP contribution is 2.47. The fraction of sp³-hybridized carbons (Fsp3) is 0.458. The summed E-state index contributed by atoms with van der Waals surface area (Å²) in [5.41, 5.74) is 1.41. The van der Waals surface area contributed by atoms with Crippen molar-refractivity contribution in [3.05, 3.63) is 48.0 Å². The lowest BCUT2D eigenvalue weighted by molar-refractivity contribution is -0.115. The molecule has 3 aliphatic rings. The summed E-state index contributed by atoms with van der Waals surface area (Å²) < 4.78 is 39.2. The van der Waals surface area contributed by atoms with Crippen molar-refractivity contribution in [2.24, 2.45) is 0 Å². The first-order valence-corrected chi connectivity index (χ1v) is 12.8. The van der Waals surface area contributed by atoms with Crippen molar-refractivity contribution in [3.8, 4) is 11.5 Å². The topological polar surface area (TPSA) is 84.9 Å². The van der Waals surface area contributed by atoms with Crippen molar-refractivity contribution in [1.29, 1.82) is 0 Å². The first-order valence-electron chi connectivity index (χ1n) is 11.3. The van der Waals surface area contributed by atoms with Gasteiger partial charge >= 0.3 is 0 Å². The Balaban J connectivity index is 1.21. The second-order valence-corrected chi connectivity index (χ2v) is 10.8. The number of piperidine rings is 1. The first-order chi connectivity index (χ1) is 15.4. The molecule has 0 unspecified atom stereocenters. The van der Waals surface area contributed by atoms with Gasteiger partial charge in [0.15, 0.2) is 11.5 Å². The van der Waals surface area contributed by atoms with Crippen LogP contribution in [0.1, 0.15) is 50.5 Å². The van der Waals surface area contributed by atoms with Crippen molar-refractivity contribution in [2.75, 3.05) is 18.4 Å². The minimum atomic E-state index is -3.46. The molecule has 5 rings (SSSR count). The van der Waals surface area contributed by atoms with E-state index in [0.717, 1.165) is 56.3 Å². The van der Waals surface area contributed by atoms with Crippen LogP contribution in [0.2, 0.25) is 0 Å². The maximum atomic E-state index is 12.8. The third-order valence-corrected chi connectivity index (χ3v) is 8.34. The summed E-state index contributed by atoms with van der Waals surface area (Å²) >= 11 is 0. The molecule has 2 aliphatic heterocycles. The Morgan fingerprint density at radius 2 is 1.59 bits per heavy atom. The van der Waals surface area contributed by atoms with Gasteiger partial charge in [0.05, 0.1) is 11.3 Å². The first kappa shape index (κ1) is 21.3. The molecule has 1 aliphatic carbocycles. The number of carbonyl (C=O) groups is 1. The highest BCUT2D eigenvalue weighted by atomic mass is 32.2. The van der Waals surface area contributed by atoms with Crippen molar-refractivity contribution in [1.82, 2.24) is 4.31 Å². The molecule has 0 atom stereocenters. The number of hydrogen-bond donors (Lipinski definition) is 1. The molecule has 1 spiro atoms. The largest absolute Gasteiger partial charge is 0.448 e. The van der Waals surface area contributed by atoms with Gasteiger partial charge in [0, 0.05) is 37.7 Å². The molecule has 1 saturated heterocycles. The zero-order chi connectivity index (χ0) is 22.2. The molecule has 0 aromatic heterocycles. The lowest BCUT2D eigenvalue weighted by Crippen LogP contribution is -2.35. The van der Waals surface area contributed by atoms with E-state index < -0.39 is 15.8 Å². The van der Waals surface area contributed by atoms with Gasteiger partial charge in [-0.25, -0.2) is 8.42 Å². The molecule has 7 nitrogen and oxygen atoms in total. The predicted molar refractivity (Wildman–Crippen MR) is 120 cm³/mol. The highest BCUT2D eigenvalue weighted by Gasteiger charge is 2.44. The standard InChI is InChI=1S/C24H28N2O5S/c27-23(25-19-8-11-21-22(17-19)31-24(30-21)12-2-3-13-24)16-18-6-9-20(10-7-18)32(28,29)26-14-4-1-5-15-26/h6-11,17H,1-5,12-16H2,(H,25,27). The highest BCUT2D eigenvalue weighted by molar-refractivity contribution is 7.89. The maximum absolute atomic E-state index is 12.8. The quantitative estimate of drug-likeness (QED) is 0.733. The van der Waals surface area contributed by atoms with E-state index in [1.165, 1.54) is 0 Å². The second kappa shape index (κ2) is 8.41. The van der Waals surface area contributed by atoms with Gasteiger partial charge in [-0.05, 0) is 55.5 Å². The lowest BCUT2D eigenvalue weighted by Gasteiger charge is -2.25. The van der Waals surface area contributed by atoms with E-state index in [2.05, 4.69) is 5.32 Å². The number of rotatable bonds is 5. The third-order valence-electron chi connectivity index (χ3n) is 6.43. The van der Waals surface area contributed by atoms with Crippen LogP contribution in [0, 0.1) is 0 Å². The Bertz CT molecular complexity index is 1100. The van der Waals surface area contributed by atoms with E-state index in [9.17, 15) is 13.2 Å². The number of anilines is 1. The number of amides is 1. The van der Waals surface area contributed by atoms with Crippen LogP contribution in [0.3, 0.4) is 0 Å². The zero-order valence-electron chi connectivity index (χ0n) is 18.0. The number of ether oxygens (including phenoxy) is 2. The molecular weight excluding hydrogens is 428 g/mol. The summed E-state index contributed by atoms with van der Waals surface area (Å²) in [6, 6.07) is 12.0. The molecule has 8 heteroatoms. The Kier molecular flexibility index (Phi) is 5.59. The van der Waals surface area contributed by atoms with Gasteiger partial charge in [-0.3, -0.25) is 4.79 Å². The Morgan fingerprint density at radius 3 is 2.31 bits per heavy atom. The molecule has 2 heterocycles. The third kappa shape index (κ3) is 4.21. The van der Waals surface area contributed by atoms with E-state index in [1.54, 1.807) is 34.6 Å². The Labute approximate surface area is 188 Å². The minimum absolute atomic E-state index is 0.155. The number of sulfonamides is 1. The van der Waals surface area contributed by atoms with Gasteiger partial charge in [0.1, 0.15) is 0 Å². The zero-order valence-corrected chi connectivity index (χ0v) is 18.8. The molecule has 2 fully saturated rings. The van der Waals surface area contributed by atoms with Crippen LogP contribution in [0.5, 0.6) is 11.5 Å². The predicted octanol–water partition coefficient (Wildman–Crippen LogP) is 4.08. The van der Waals surface area contributed by atoms with Gasteiger partial charge in [-0.1, -0.05) is 18.6 Å². The van der Waals surface area contributed by atoms with Crippen molar-refractivity contribution in [2.45, 2.75) is 62.0 Å². The van der Waals surface area contributed by atoms with E-state index in [0.29, 0.717) is 24.5 Å². The van der Waals surface area contributed by atoms with Crippen LogP contribution in [0.15, 0.2) is 47.4 Å². The molecule has 1 N–H and O–H groups in total. The van der Waals surface area contributed by atoms with E-state index in [-0.39, 0.29) is 17.2 Å². The summed E-state index contributed by atoms with van der Waals surface area (Å²) in [5, 5.41) is 2.89. The number of carbonyl (C=O) groups excluding carboxylic acids is 1. The number of hydrogen-bond acceptors (Lipinski definition) is 5. The summed E-state index contributed by atoms with van der Waals surface area (Å²) in [7, 11) is -3.46. The number of nitrogens with one attached hydrogen (secondary N) is 1. The van der Waals surface area contributed by atoms with Gasteiger partial charge < -0.3 is 14.8 Å². The Hall–Kier alpha value is -2.58. The Morgan fingerprint density at radius 1 is 0.906 bits per heavy atom. The fourth-order valence-corrected chi connectivity index (χ4v) is 6.23. The molecule has 2 aromatic carbocycles. The van der Waals surface area contributed by atoms with Crippen LogP contribution in [-0.2, 0) is 21.2 Å². The van der Waals surface area contributed by atoms with Crippen molar-refractivity contribution >= 4 is 21.6 Å². The van der Waals surface area contributed by atoms with E-state index in [4.69, 9.17) is 9.47 Å². The van der Waals surface area contributed by atoms with Gasteiger partial charge in [0.2, 0.25) is 15.9 Å². The molecule has 1 amide bonds. The van der Waals surface area contributed by atoms with E-state index in [1.807, 2.05) is 12.1 Å². The van der Waals surface area contributed by atoms with Crippen LogP contribution in [0.25, 0.3) is 0 Å². The lowest BCUT2D eigenvalue weighted by atomic mass is 10.1. The average Bonchev–Trinajstić information content (AvgIpc) is 3.40. The summed E-state index contributed by atoms with van der Waals surface area (Å²) in [4.78, 5) is 12.8. The van der Waals surface area contributed by atoms with Crippen LogP contribution < -0.4 is 14.8 Å². The number of benzene rings is 2. The van der Waals surface area contributed by atoms with Crippen LogP contribution in [0.4, 0.5) is 5.69 Å². The van der Waals surface area contributed by atoms with Crippen molar-refractivity contribution in [3.63, 3.8) is 0 Å². The molecule has 2 aromatic rings. The molecule has 0 bridgehead atoms. The normalized spacial score (nSPS) is 19.9. The molecule has 0 radical (unpaired) electrons. The second-order valence-electron chi connectivity index (χ2n) is 8.82. The average molecular weight is 457 g/mol. The summed E-state index contributed by atoms with van der Waals surface area (Å²) in [6.07, 6.45) is 6.98. The molecule has 170 valence electrons. The van der Waals surface area contributed by atoms with Gasteiger partial charge in [-0.15, -0.1) is 0 Å². The molecular formula is C24H28N2O5S. The fourth-order valence-electron chi connectivity index (χ4n) is 4.71. The SMILES string of the molecule is O=C(Cc1ccc(S(=O)(=O)N2CCCCC2)cc1)Nc1ccc2c(c1)OC1(CCCC1)O2. The van der Waals surface area contributed by atoms with Crippen LogP contribution in [-0.4, -0.2) is 37.5 Å². The minimum Gasteiger partial charge on any atom is -0.448 e. The summed E-state index contributed by atoms with van der Waals surface area (Å²) in [6.45, 7) is 1.15. The van der Waals surface area contributed by atoms with Gasteiger partial charge in [-0.2, -0.15) is 4.31 Å². The number of fused-ring (bicyclic) bond motifs is 1. The number of nitrogens with zero attached hydrogens (tertiary/aromatic N) is 1.